The maximum absolute atomic E-state index is 11.8. The number of nitrogens with two attached hydrogens (primary N) is 1. The summed E-state index contributed by atoms with van der Waals surface area (Å²) < 4.78 is 0. The SMILES string of the molecule is NC1(C(=O)NCc2ccc(CN3CCCC3)cc2)CC1. The number of nitrogens with one attached hydrogen (secondary N) is 1. The molecule has 1 saturated carbocycles. The van der Waals surface area contributed by atoms with Crippen molar-refractivity contribution in [1.82, 2.24) is 10.2 Å². The second kappa shape index (κ2) is 5.54. The zero-order valence-electron chi connectivity index (χ0n) is 11.9. The molecular weight excluding hydrogens is 250 g/mol. The normalized spacial score (nSPS) is 20.9. The lowest BCUT2D eigenvalue weighted by atomic mass is 10.1. The van der Waals surface area contributed by atoms with Crippen molar-refractivity contribution in [2.75, 3.05) is 13.1 Å². The van der Waals surface area contributed by atoms with Gasteiger partial charge in [0.1, 0.15) is 0 Å². The van der Waals surface area contributed by atoms with Crippen molar-refractivity contribution >= 4 is 5.91 Å². The van der Waals surface area contributed by atoms with E-state index >= 15 is 0 Å². The fraction of sp³-hybridized carbons (Fsp3) is 0.562. The Morgan fingerprint density at radius 3 is 2.35 bits per heavy atom. The molecule has 1 heterocycles. The largest absolute Gasteiger partial charge is 0.350 e. The van der Waals surface area contributed by atoms with Crippen LogP contribution >= 0.6 is 0 Å². The van der Waals surface area contributed by atoms with Gasteiger partial charge in [-0.3, -0.25) is 9.69 Å². The number of likely N-dealkylation sites (tertiary alicyclic amines) is 1. The van der Waals surface area contributed by atoms with Crippen LogP contribution in [0.25, 0.3) is 0 Å². The van der Waals surface area contributed by atoms with E-state index in [0.29, 0.717) is 6.54 Å². The number of rotatable bonds is 5. The molecule has 1 aromatic rings. The van der Waals surface area contributed by atoms with Gasteiger partial charge in [-0.05, 0) is 49.9 Å². The summed E-state index contributed by atoms with van der Waals surface area (Å²) in [6.45, 7) is 4.05. The molecule has 0 radical (unpaired) electrons. The highest BCUT2D eigenvalue weighted by atomic mass is 16.2. The zero-order chi connectivity index (χ0) is 14.0. The van der Waals surface area contributed by atoms with E-state index in [1.165, 1.54) is 31.5 Å². The molecule has 108 valence electrons. The van der Waals surface area contributed by atoms with Crippen LogP contribution in [-0.4, -0.2) is 29.4 Å². The van der Waals surface area contributed by atoms with Gasteiger partial charge >= 0.3 is 0 Å². The molecule has 1 saturated heterocycles. The lowest BCUT2D eigenvalue weighted by Crippen LogP contribution is -2.42. The smallest absolute Gasteiger partial charge is 0.240 e. The maximum atomic E-state index is 11.8. The van der Waals surface area contributed by atoms with Crippen molar-refractivity contribution in [2.24, 2.45) is 5.73 Å². The third kappa shape index (κ3) is 3.19. The summed E-state index contributed by atoms with van der Waals surface area (Å²) in [5.41, 5.74) is 7.76. The standard InChI is InChI=1S/C16H23N3O/c17-16(7-8-16)15(20)18-11-13-3-5-14(6-4-13)12-19-9-1-2-10-19/h3-6H,1-2,7-12,17H2,(H,18,20). The highest BCUT2D eigenvalue weighted by Crippen LogP contribution is 2.32. The van der Waals surface area contributed by atoms with Gasteiger partial charge in [-0.1, -0.05) is 24.3 Å². The Kier molecular flexibility index (Phi) is 3.76. The number of nitrogens with zero attached hydrogens (tertiary/aromatic N) is 1. The van der Waals surface area contributed by atoms with E-state index in [9.17, 15) is 4.79 Å². The molecule has 1 aliphatic heterocycles. The Bertz CT molecular complexity index is 473. The number of carbonyl (C=O) groups is 1. The summed E-state index contributed by atoms with van der Waals surface area (Å²) >= 11 is 0. The van der Waals surface area contributed by atoms with E-state index < -0.39 is 5.54 Å². The lowest BCUT2D eigenvalue weighted by Gasteiger charge is -2.15. The molecule has 3 rings (SSSR count). The molecule has 4 nitrogen and oxygen atoms in total. The summed E-state index contributed by atoms with van der Waals surface area (Å²) in [6, 6.07) is 8.52. The first-order valence-corrected chi connectivity index (χ1v) is 7.53. The number of hydrogen-bond donors (Lipinski definition) is 2. The number of amides is 1. The molecule has 0 spiro atoms. The first-order valence-electron chi connectivity index (χ1n) is 7.53. The summed E-state index contributed by atoms with van der Waals surface area (Å²) in [6.07, 6.45) is 4.27. The van der Waals surface area contributed by atoms with Crippen LogP contribution in [0.5, 0.6) is 0 Å². The predicted octanol–water partition coefficient (Wildman–Crippen LogP) is 1.39. The molecule has 1 amide bonds. The quantitative estimate of drug-likeness (QED) is 0.852. The highest BCUT2D eigenvalue weighted by molar-refractivity contribution is 5.88. The van der Waals surface area contributed by atoms with E-state index in [1.54, 1.807) is 0 Å². The molecular formula is C16H23N3O. The Hall–Kier alpha value is -1.39. The monoisotopic (exact) mass is 273 g/mol. The van der Waals surface area contributed by atoms with Crippen molar-refractivity contribution in [2.45, 2.75) is 44.3 Å². The highest BCUT2D eigenvalue weighted by Gasteiger charge is 2.45. The first kappa shape index (κ1) is 13.6. The van der Waals surface area contributed by atoms with Gasteiger partial charge in [-0.2, -0.15) is 0 Å². The van der Waals surface area contributed by atoms with Crippen molar-refractivity contribution in [1.29, 1.82) is 0 Å². The van der Waals surface area contributed by atoms with E-state index in [2.05, 4.69) is 34.5 Å². The van der Waals surface area contributed by atoms with Gasteiger partial charge in [0.25, 0.3) is 0 Å². The second-order valence-corrected chi connectivity index (χ2v) is 6.14. The summed E-state index contributed by atoms with van der Waals surface area (Å²) in [4.78, 5) is 14.2. The average molecular weight is 273 g/mol. The fourth-order valence-corrected chi connectivity index (χ4v) is 2.68. The van der Waals surface area contributed by atoms with Crippen LogP contribution in [0.1, 0.15) is 36.8 Å². The van der Waals surface area contributed by atoms with Gasteiger partial charge in [-0.15, -0.1) is 0 Å². The number of hydrogen-bond acceptors (Lipinski definition) is 3. The van der Waals surface area contributed by atoms with E-state index in [-0.39, 0.29) is 5.91 Å². The molecule has 2 fully saturated rings. The molecule has 0 atom stereocenters. The van der Waals surface area contributed by atoms with Crippen LogP contribution in [-0.2, 0) is 17.9 Å². The molecule has 3 N–H and O–H groups in total. The molecule has 1 aromatic carbocycles. The molecule has 0 bridgehead atoms. The summed E-state index contributed by atoms with van der Waals surface area (Å²) in [7, 11) is 0. The van der Waals surface area contributed by atoms with Crippen LogP contribution in [0.4, 0.5) is 0 Å². The first-order chi connectivity index (χ1) is 9.66. The Morgan fingerprint density at radius 1 is 1.15 bits per heavy atom. The minimum absolute atomic E-state index is 0.0151. The Labute approximate surface area is 120 Å². The van der Waals surface area contributed by atoms with Crippen LogP contribution in [0.3, 0.4) is 0 Å². The third-order valence-corrected chi connectivity index (χ3v) is 4.32. The van der Waals surface area contributed by atoms with E-state index in [1.807, 2.05) is 0 Å². The number of benzene rings is 1. The van der Waals surface area contributed by atoms with Crippen molar-refractivity contribution in [3.05, 3.63) is 35.4 Å². The summed E-state index contributed by atoms with van der Waals surface area (Å²) in [5.74, 6) is -0.0151. The molecule has 20 heavy (non-hydrogen) atoms. The minimum Gasteiger partial charge on any atom is -0.350 e. The average Bonchev–Trinajstić information content (AvgIpc) is 3.01. The van der Waals surface area contributed by atoms with Gasteiger partial charge < -0.3 is 11.1 Å². The van der Waals surface area contributed by atoms with Crippen molar-refractivity contribution < 1.29 is 4.79 Å². The topological polar surface area (TPSA) is 58.4 Å². The molecule has 0 aromatic heterocycles. The van der Waals surface area contributed by atoms with Crippen LogP contribution in [0.2, 0.25) is 0 Å². The van der Waals surface area contributed by atoms with Crippen LogP contribution in [0, 0.1) is 0 Å². The molecule has 0 unspecified atom stereocenters. The fourth-order valence-electron chi connectivity index (χ4n) is 2.68. The van der Waals surface area contributed by atoms with Crippen LogP contribution in [0.15, 0.2) is 24.3 Å². The molecule has 4 heteroatoms. The van der Waals surface area contributed by atoms with Crippen molar-refractivity contribution in [3.8, 4) is 0 Å². The molecule has 1 aliphatic carbocycles. The van der Waals surface area contributed by atoms with Gasteiger partial charge in [0.2, 0.25) is 5.91 Å². The number of carbonyl (C=O) groups excluding carboxylic acids is 1. The second-order valence-electron chi connectivity index (χ2n) is 6.14. The van der Waals surface area contributed by atoms with Crippen LogP contribution < -0.4 is 11.1 Å². The Balaban J connectivity index is 1.49. The van der Waals surface area contributed by atoms with Gasteiger partial charge in [0.05, 0.1) is 5.54 Å². The predicted molar refractivity (Wildman–Crippen MR) is 79.0 cm³/mol. The lowest BCUT2D eigenvalue weighted by molar-refractivity contribution is -0.123. The molecule has 2 aliphatic rings. The van der Waals surface area contributed by atoms with Gasteiger partial charge in [0.15, 0.2) is 0 Å². The van der Waals surface area contributed by atoms with Crippen molar-refractivity contribution in [3.63, 3.8) is 0 Å². The van der Waals surface area contributed by atoms with Gasteiger partial charge in [-0.25, -0.2) is 0 Å². The van der Waals surface area contributed by atoms with E-state index in [4.69, 9.17) is 5.73 Å². The van der Waals surface area contributed by atoms with E-state index in [0.717, 1.165) is 24.9 Å². The van der Waals surface area contributed by atoms with Gasteiger partial charge in [0, 0.05) is 13.1 Å². The minimum atomic E-state index is -0.574. The Morgan fingerprint density at radius 2 is 1.75 bits per heavy atom. The maximum Gasteiger partial charge on any atom is 0.240 e. The third-order valence-electron chi connectivity index (χ3n) is 4.32. The zero-order valence-corrected chi connectivity index (χ0v) is 11.9. The summed E-state index contributed by atoms with van der Waals surface area (Å²) in [5, 5.41) is 2.92.